The van der Waals surface area contributed by atoms with Gasteiger partial charge >= 0.3 is 0 Å². The fraction of sp³-hybridized carbons (Fsp3) is 0.360. The largest absolute Gasteiger partial charge is 0.369 e. The Morgan fingerprint density at radius 1 is 1.00 bits per heavy atom. The maximum Gasteiger partial charge on any atom is 0.226 e. The Kier molecular flexibility index (Phi) is 6.37. The summed E-state index contributed by atoms with van der Waals surface area (Å²) >= 11 is 0. The average Bonchev–Trinajstić information content (AvgIpc) is 2.79. The molecule has 2 aromatic carbocycles. The van der Waals surface area contributed by atoms with Gasteiger partial charge in [0.2, 0.25) is 11.8 Å². The highest BCUT2D eigenvalue weighted by atomic mass is 16.2. The first-order chi connectivity index (χ1) is 15.0. The van der Waals surface area contributed by atoms with E-state index in [-0.39, 0.29) is 24.3 Å². The molecule has 0 bridgehead atoms. The Morgan fingerprint density at radius 2 is 1.71 bits per heavy atom. The molecule has 0 spiro atoms. The van der Waals surface area contributed by atoms with Gasteiger partial charge in [-0.15, -0.1) is 0 Å². The molecule has 6 heteroatoms. The molecule has 2 heterocycles. The van der Waals surface area contributed by atoms with Gasteiger partial charge in [-0.25, -0.2) is 0 Å². The Bertz CT molecular complexity index is 962. The lowest BCUT2D eigenvalue weighted by Crippen LogP contribution is -2.46. The monoisotopic (exact) mass is 418 g/mol. The number of carbonyl (C=O) groups excluding carboxylic acids is 2. The minimum absolute atomic E-state index is 0.0731. The molecule has 1 saturated heterocycles. The van der Waals surface area contributed by atoms with Crippen molar-refractivity contribution >= 4 is 29.3 Å². The summed E-state index contributed by atoms with van der Waals surface area (Å²) in [5, 5.41) is 3.00. The second-order valence-electron chi connectivity index (χ2n) is 8.11. The average molecular weight is 419 g/mol. The SMILES string of the molecule is CCN1CCN(c2ccc(NC(=O)C[C@H]3c4ccccc4C=CN3C(C)=O)cc2)CC1. The van der Waals surface area contributed by atoms with Gasteiger partial charge in [0, 0.05) is 50.7 Å². The smallest absolute Gasteiger partial charge is 0.226 e. The van der Waals surface area contributed by atoms with Gasteiger partial charge in [-0.1, -0.05) is 31.2 Å². The van der Waals surface area contributed by atoms with E-state index in [9.17, 15) is 9.59 Å². The van der Waals surface area contributed by atoms with Gasteiger partial charge in [0.15, 0.2) is 0 Å². The normalized spacial score (nSPS) is 18.6. The third-order valence-corrected chi connectivity index (χ3v) is 6.18. The van der Waals surface area contributed by atoms with Crippen molar-refractivity contribution < 1.29 is 9.59 Å². The topological polar surface area (TPSA) is 55.9 Å². The predicted octanol–water partition coefficient (Wildman–Crippen LogP) is 3.73. The lowest BCUT2D eigenvalue weighted by molar-refractivity contribution is -0.129. The molecule has 1 atom stereocenters. The molecule has 2 aliphatic rings. The van der Waals surface area contributed by atoms with Crippen molar-refractivity contribution in [1.29, 1.82) is 0 Å². The molecule has 0 aliphatic carbocycles. The number of nitrogens with one attached hydrogen (secondary N) is 1. The number of hydrogen-bond acceptors (Lipinski definition) is 4. The molecule has 0 unspecified atom stereocenters. The standard InChI is InChI=1S/C25H30N4O2/c1-3-27-14-16-28(17-15-27)22-10-8-21(9-11-22)26-25(31)18-24-23-7-5-4-6-20(23)12-13-29(24)19(2)30/h4-13,24H,3,14-18H2,1-2H3,(H,26,31)/t24-/m0/s1. The minimum Gasteiger partial charge on any atom is -0.369 e. The van der Waals surface area contributed by atoms with E-state index in [1.54, 1.807) is 11.1 Å². The fourth-order valence-corrected chi connectivity index (χ4v) is 4.38. The van der Waals surface area contributed by atoms with Crippen LogP contribution < -0.4 is 10.2 Å². The summed E-state index contributed by atoms with van der Waals surface area (Å²) in [4.78, 5) is 31.4. The highest BCUT2D eigenvalue weighted by Crippen LogP contribution is 2.33. The van der Waals surface area contributed by atoms with Crippen LogP contribution in [0.2, 0.25) is 0 Å². The number of anilines is 2. The van der Waals surface area contributed by atoms with E-state index in [1.165, 1.54) is 12.6 Å². The van der Waals surface area contributed by atoms with Gasteiger partial charge in [-0.3, -0.25) is 9.59 Å². The number of benzene rings is 2. The van der Waals surface area contributed by atoms with Gasteiger partial charge in [-0.05, 0) is 48.0 Å². The molecule has 0 radical (unpaired) electrons. The lowest BCUT2D eigenvalue weighted by Gasteiger charge is -2.35. The summed E-state index contributed by atoms with van der Waals surface area (Å²) in [5.74, 6) is -0.179. The highest BCUT2D eigenvalue weighted by Gasteiger charge is 2.28. The molecule has 1 N–H and O–H groups in total. The number of rotatable bonds is 5. The maximum absolute atomic E-state index is 12.8. The van der Waals surface area contributed by atoms with Gasteiger partial charge in [0.1, 0.15) is 0 Å². The van der Waals surface area contributed by atoms with Gasteiger partial charge < -0.3 is 20.0 Å². The third kappa shape index (κ3) is 4.80. The van der Waals surface area contributed by atoms with Crippen molar-refractivity contribution in [3.63, 3.8) is 0 Å². The molecule has 0 aromatic heterocycles. The number of hydrogen-bond donors (Lipinski definition) is 1. The number of likely N-dealkylation sites (N-methyl/N-ethyl adjacent to an activating group) is 1. The van der Waals surface area contributed by atoms with E-state index in [2.05, 4.69) is 34.2 Å². The molecule has 2 amide bonds. The second kappa shape index (κ2) is 9.35. The first-order valence-electron chi connectivity index (χ1n) is 11.0. The summed E-state index contributed by atoms with van der Waals surface area (Å²) in [6, 6.07) is 15.7. The van der Waals surface area contributed by atoms with E-state index in [0.717, 1.165) is 49.5 Å². The first-order valence-corrected chi connectivity index (χ1v) is 11.0. The maximum atomic E-state index is 12.8. The number of piperazine rings is 1. The van der Waals surface area contributed by atoms with Crippen molar-refractivity contribution in [2.75, 3.05) is 42.9 Å². The quantitative estimate of drug-likeness (QED) is 0.804. The number of fused-ring (bicyclic) bond motifs is 1. The summed E-state index contributed by atoms with van der Waals surface area (Å²) in [6.07, 6.45) is 3.90. The van der Waals surface area contributed by atoms with Crippen molar-refractivity contribution in [1.82, 2.24) is 9.80 Å². The molecule has 1 fully saturated rings. The first kappa shape index (κ1) is 21.1. The molecule has 2 aromatic rings. The second-order valence-corrected chi connectivity index (χ2v) is 8.11. The van der Waals surface area contributed by atoms with Crippen LogP contribution in [-0.2, 0) is 9.59 Å². The summed E-state index contributed by atoms with van der Waals surface area (Å²) < 4.78 is 0. The molecule has 2 aliphatic heterocycles. The van der Waals surface area contributed by atoms with Crippen LogP contribution in [-0.4, -0.2) is 54.3 Å². The fourth-order valence-electron chi connectivity index (χ4n) is 4.38. The van der Waals surface area contributed by atoms with E-state index < -0.39 is 0 Å². The van der Waals surface area contributed by atoms with Crippen LogP contribution in [0, 0.1) is 0 Å². The predicted molar refractivity (Wildman–Crippen MR) is 125 cm³/mol. The highest BCUT2D eigenvalue weighted by molar-refractivity contribution is 5.92. The molecule has 4 rings (SSSR count). The van der Waals surface area contributed by atoms with Crippen LogP contribution >= 0.6 is 0 Å². The molecule has 162 valence electrons. The van der Waals surface area contributed by atoms with Crippen LogP contribution in [0.1, 0.15) is 37.4 Å². The van der Waals surface area contributed by atoms with Crippen LogP contribution in [0.25, 0.3) is 6.08 Å². The van der Waals surface area contributed by atoms with E-state index in [4.69, 9.17) is 0 Å². The van der Waals surface area contributed by atoms with Crippen molar-refractivity contribution in [2.24, 2.45) is 0 Å². The van der Waals surface area contributed by atoms with E-state index >= 15 is 0 Å². The van der Waals surface area contributed by atoms with Crippen LogP contribution in [0.3, 0.4) is 0 Å². The number of carbonyl (C=O) groups is 2. The van der Waals surface area contributed by atoms with Crippen LogP contribution in [0.5, 0.6) is 0 Å². The number of nitrogens with zero attached hydrogens (tertiary/aromatic N) is 3. The molecular formula is C25H30N4O2. The Hall–Kier alpha value is -3.12. The summed E-state index contributed by atoms with van der Waals surface area (Å²) in [6.45, 7) is 9.04. The summed E-state index contributed by atoms with van der Waals surface area (Å²) in [7, 11) is 0. The summed E-state index contributed by atoms with van der Waals surface area (Å²) in [5.41, 5.74) is 4.00. The Balaban J connectivity index is 1.40. The molecule has 0 saturated carbocycles. The third-order valence-electron chi connectivity index (χ3n) is 6.18. The molecular weight excluding hydrogens is 388 g/mol. The van der Waals surface area contributed by atoms with Crippen molar-refractivity contribution in [3.8, 4) is 0 Å². The zero-order valence-corrected chi connectivity index (χ0v) is 18.3. The zero-order chi connectivity index (χ0) is 21.8. The van der Waals surface area contributed by atoms with Crippen molar-refractivity contribution in [3.05, 3.63) is 65.9 Å². The van der Waals surface area contributed by atoms with E-state index in [1.807, 2.05) is 42.5 Å². The van der Waals surface area contributed by atoms with Crippen molar-refractivity contribution in [2.45, 2.75) is 26.3 Å². The lowest BCUT2D eigenvalue weighted by atomic mass is 9.93. The zero-order valence-electron chi connectivity index (χ0n) is 18.3. The van der Waals surface area contributed by atoms with Crippen LogP contribution in [0.4, 0.5) is 11.4 Å². The van der Waals surface area contributed by atoms with E-state index in [0.29, 0.717) is 0 Å². The van der Waals surface area contributed by atoms with Gasteiger partial charge in [0.05, 0.1) is 12.5 Å². The number of amides is 2. The van der Waals surface area contributed by atoms with Gasteiger partial charge in [0.25, 0.3) is 0 Å². The molecule has 31 heavy (non-hydrogen) atoms. The Morgan fingerprint density at radius 3 is 2.39 bits per heavy atom. The van der Waals surface area contributed by atoms with Gasteiger partial charge in [-0.2, -0.15) is 0 Å². The Labute approximate surface area is 184 Å². The minimum atomic E-state index is -0.298. The van der Waals surface area contributed by atoms with Crippen LogP contribution in [0.15, 0.2) is 54.7 Å². The molecule has 6 nitrogen and oxygen atoms in total.